The number of benzene rings is 2. The quantitative estimate of drug-likeness (QED) is 0.392. The van der Waals surface area contributed by atoms with Crippen LogP contribution in [0.1, 0.15) is 61.8 Å². The van der Waals surface area contributed by atoms with Crippen molar-refractivity contribution in [2.45, 2.75) is 40.2 Å². The fourth-order valence-corrected chi connectivity index (χ4v) is 4.59. The van der Waals surface area contributed by atoms with E-state index < -0.39 is 6.04 Å². The molecule has 1 aromatic heterocycles. The molecular formula is C28H34N2O5. The van der Waals surface area contributed by atoms with E-state index in [1.54, 1.807) is 23.1 Å². The lowest BCUT2D eigenvalue weighted by Gasteiger charge is -2.28. The molecule has 3 aromatic rings. The number of amides is 1. The Bertz CT molecular complexity index is 1230. The van der Waals surface area contributed by atoms with Crippen LogP contribution in [0.5, 0.6) is 11.5 Å². The van der Waals surface area contributed by atoms with Crippen LogP contribution in [0.3, 0.4) is 0 Å². The highest BCUT2D eigenvalue weighted by molar-refractivity contribution is 5.99. The first-order chi connectivity index (χ1) is 17.0. The molecule has 0 saturated heterocycles. The number of rotatable bonds is 11. The van der Waals surface area contributed by atoms with Crippen molar-refractivity contribution in [1.82, 2.24) is 9.80 Å². The second-order valence-electron chi connectivity index (χ2n) is 8.61. The lowest BCUT2D eigenvalue weighted by atomic mass is 9.98. The minimum atomic E-state index is -0.513. The van der Waals surface area contributed by atoms with Crippen LogP contribution < -0.4 is 14.9 Å². The summed E-state index contributed by atoms with van der Waals surface area (Å²) in [6.45, 7) is 12.3. The van der Waals surface area contributed by atoms with Crippen LogP contribution >= 0.6 is 0 Å². The molecule has 1 atom stereocenters. The van der Waals surface area contributed by atoms with Crippen LogP contribution in [0, 0.1) is 0 Å². The van der Waals surface area contributed by atoms with E-state index in [9.17, 15) is 9.59 Å². The monoisotopic (exact) mass is 478 g/mol. The number of hydrogen-bond donors (Lipinski definition) is 0. The number of nitrogens with zero attached hydrogens (tertiary/aromatic N) is 2. The minimum Gasteiger partial charge on any atom is -0.494 e. The van der Waals surface area contributed by atoms with E-state index in [0.29, 0.717) is 48.6 Å². The number of fused-ring (bicyclic) bond motifs is 2. The SMILES string of the molecule is CCCOc1ccc(C2c3c(oc4cc(OCC)ccc4c3=O)C(=O)N2CCN(CC)CC)cc1. The van der Waals surface area contributed by atoms with Gasteiger partial charge in [0, 0.05) is 19.2 Å². The van der Waals surface area contributed by atoms with Gasteiger partial charge in [-0.05, 0) is 56.3 Å². The number of ether oxygens (including phenoxy) is 2. The Labute approximate surface area is 206 Å². The Kier molecular flexibility index (Phi) is 7.76. The molecule has 0 fully saturated rings. The summed E-state index contributed by atoms with van der Waals surface area (Å²) in [6.07, 6.45) is 0.921. The molecule has 0 spiro atoms. The van der Waals surface area contributed by atoms with Crippen LogP contribution in [-0.2, 0) is 0 Å². The summed E-state index contributed by atoms with van der Waals surface area (Å²) in [5.74, 6) is 1.23. The highest BCUT2D eigenvalue weighted by Gasteiger charge is 2.42. The first-order valence-electron chi connectivity index (χ1n) is 12.5. The lowest BCUT2D eigenvalue weighted by Crippen LogP contribution is -2.37. The predicted octanol–water partition coefficient (Wildman–Crippen LogP) is 4.87. The molecule has 186 valence electrons. The van der Waals surface area contributed by atoms with E-state index >= 15 is 0 Å². The van der Waals surface area contributed by atoms with Crippen LogP contribution in [0.15, 0.2) is 51.7 Å². The predicted molar refractivity (Wildman–Crippen MR) is 137 cm³/mol. The van der Waals surface area contributed by atoms with Crippen molar-refractivity contribution in [3.05, 3.63) is 69.6 Å². The molecular weight excluding hydrogens is 444 g/mol. The standard InChI is InChI=1S/C28H34N2O5/c1-5-17-34-20-11-9-19(10-12-20)25-24-26(31)22-14-13-21(33-8-4)18-23(22)35-27(24)28(32)30(25)16-15-29(6-2)7-3/h9-14,18,25H,5-8,15-17H2,1-4H3. The van der Waals surface area contributed by atoms with E-state index in [1.165, 1.54) is 0 Å². The summed E-state index contributed by atoms with van der Waals surface area (Å²) in [5, 5.41) is 0.443. The first kappa shape index (κ1) is 24.8. The molecule has 0 saturated carbocycles. The average Bonchev–Trinajstić information content (AvgIpc) is 3.15. The second kappa shape index (κ2) is 11.0. The van der Waals surface area contributed by atoms with Crippen LogP contribution in [0.4, 0.5) is 0 Å². The molecule has 0 radical (unpaired) electrons. The number of likely N-dealkylation sites (N-methyl/N-ethyl adjacent to an activating group) is 1. The maximum Gasteiger partial charge on any atom is 0.290 e. The maximum absolute atomic E-state index is 13.7. The number of carbonyl (C=O) groups is 1. The molecule has 7 nitrogen and oxygen atoms in total. The van der Waals surface area contributed by atoms with E-state index in [2.05, 4.69) is 25.7 Å². The molecule has 1 amide bonds. The summed E-state index contributed by atoms with van der Waals surface area (Å²) in [5.41, 5.74) is 1.44. The summed E-state index contributed by atoms with van der Waals surface area (Å²) in [6, 6.07) is 12.3. The Morgan fingerprint density at radius 3 is 2.31 bits per heavy atom. The Morgan fingerprint density at radius 2 is 1.66 bits per heavy atom. The van der Waals surface area contributed by atoms with Gasteiger partial charge in [0.1, 0.15) is 17.1 Å². The highest BCUT2D eigenvalue weighted by atomic mass is 16.5. The largest absolute Gasteiger partial charge is 0.494 e. The molecule has 2 aromatic carbocycles. The second-order valence-corrected chi connectivity index (χ2v) is 8.61. The van der Waals surface area contributed by atoms with E-state index in [1.807, 2.05) is 31.2 Å². The van der Waals surface area contributed by atoms with E-state index in [-0.39, 0.29) is 17.1 Å². The van der Waals surface area contributed by atoms with Crippen molar-refractivity contribution in [2.24, 2.45) is 0 Å². The minimum absolute atomic E-state index is 0.118. The van der Waals surface area contributed by atoms with Gasteiger partial charge in [-0.2, -0.15) is 0 Å². The molecule has 35 heavy (non-hydrogen) atoms. The van der Waals surface area contributed by atoms with Gasteiger partial charge in [-0.25, -0.2) is 0 Å². The van der Waals surface area contributed by atoms with Gasteiger partial charge in [0.25, 0.3) is 5.91 Å². The van der Waals surface area contributed by atoms with Crippen molar-refractivity contribution in [1.29, 1.82) is 0 Å². The van der Waals surface area contributed by atoms with Gasteiger partial charge < -0.3 is 23.7 Å². The average molecular weight is 479 g/mol. The van der Waals surface area contributed by atoms with Gasteiger partial charge in [0.15, 0.2) is 5.43 Å². The van der Waals surface area contributed by atoms with Crippen LogP contribution in [0.2, 0.25) is 0 Å². The van der Waals surface area contributed by atoms with Crippen molar-refractivity contribution in [3.63, 3.8) is 0 Å². The molecule has 2 heterocycles. The van der Waals surface area contributed by atoms with Crippen molar-refractivity contribution < 1.29 is 18.7 Å². The number of hydrogen-bond acceptors (Lipinski definition) is 6. The molecule has 1 aliphatic heterocycles. The van der Waals surface area contributed by atoms with Gasteiger partial charge >= 0.3 is 0 Å². The fourth-order valence-electron chi connectivity index (χ4n) is 4.59. The third-order valence-electron chi connectivity index (χ3n) is 6.47. The third kappa shape index (κ3) is 4.91. The van der Waals surface area contributed by atoms with Crippen molar-refractivity contribution >= 4 is 16.9 Å². The fraction of sp³-hybridized carbons (Fsp3) is 0.429. The van der Waals surface area contributed by atoms with Gasteiger partial charge in [0.05, 0.1) is 30.2 Å². The Balaban J connectivity index is 1.80. The summed E-state index contributed by atoms with van der Waals surface area (Å²) >= 11 is 0. The van der Waals surface area contributed by atoms with Gasteiger partial charge in [-0.3, -0.25) is 9.59 Å². The molecule has 0 bridgehead atoms. The molecule has 0 aliphatic carbocycles. The van der Waals surface area contributed by atoms with Crippen LogP contribution in [0.25, 0.3) is 11.0 Å². The normalized spacial score (nSPS) is 15.2. The van der Waals surface area contributed by atoms with Crippen molar-refractivity contribution in [2.75, 3.05) is 39.4 Å². The summed E-state index contributed by atoms with van der Waals surface area (Å²) < 4.78 is 17.4. The molecule has 1 unspecified atom stereocenters. The van der Waals surface area contributed by atoms with Gasteiger partial charge in [-0.15, -0.1) is 0 Å². The molecule has 0 N–H and O–H groups in total. The molecule has 7 heteroatoms. The lowest BCUT2D eigenvalue weighted by molar-refractivity contribution is 0.0708. The van der Waals surface area contributed by atoms with Gasteiger partial charge in [0.2, 0.25) is 5.76 Å². The smallest absolute Gasteiger partial charge is 0.290 e. The third-order valence-corrected chi connectivity index (χ3v) is 6.47. The summed E-state index contributed by atoms with van der Waals surface area (Å²) in [7, 11) is 0. The van der Waals surface area contributed by atoms with Crippen LogP contribution in [-0.4, -0.2) is 55.1 Å². The van der Waals surface area contributed by atoms with E-state index in [4.69, 9.17) is 13.9 Å². The summed E-state index contributed by atoms with van der Waals surface area (Å²) in [4.78, 5) is 31.3. The number of carbonyl (C=O) groups excluding carboxylic acids is 1. The Morgan fingerprint density at radius 1 is 0.943 bits per heavy atom. The zero-order valence-electron chi connectivity index (χ0n) is 21.0. The molecule has 1 aliphatic rings. The van der Waals surface area contributed by atoms with Gasteiger partial charge in [-0.1, -0.05) is 32.9 Å². The maximum atomic E-state index is 13.7. The highest BCUT2D eigenvalue weighted by Crippen LogP contribution is 2.38. The topological polar surface area (TPSA) is 72.2 Å². The zero-order valence-corrected chi connectivity index (χ0v) is 21.0. The Hall–Kier alpha value is -3.32. The first-order valence-corrected chi connectivity index (χ1v) is 12.5. The molecule has 4 rings (SSSR count). The van der Waals surface area contributed by atoms with Crippen molar-refractivity contribution in [3.8, 4) is 11.5 Å². The van der Waals surface area contributed by atoms with E-state index in [0.717, 1.165) is 30.8 Å². The zero-order chi connectivity index (χ0) is 24.9.